The highest BCUT2D eigenvalue weighted by atomic mass is 32.2. The first-order valence-electron chi connectivity index (χ1n) is 13.3. The monoisotopic (exact) mass is 551 g/mol. The molecular formula is C31H39O5SSi. The Morgan fingerprint density at radius 2 is 1.18 bits per heavy atom. The molecular weight excluding hydrogens is 512 g/mol. The molecule has 4 rings (SSSR count). The third kappa shape index (κ3) is 8.78. The molecule has 1 aliphatic heterocycles. The summed E-state index contributed by atoms with van der Waals surface area (Å²) in [4.78, 5) is 0. The van der Waals surface area contributed by atoms with Gasteiger partial charge in [0.05, 0.1) is 26.4 Å². The lowest BCUT2D eigenvalue weighted by atomic mass is 9.99. The maximum Gasteiger partial charge on any atom is 0.205 e. The molecule has 0 bridgehead atoms. The van der Waals surface area contributed by atoms with Crippen LogP contribution in [0.2, 0.25) is 13.1 Å². The number of hydrogen-bond acceptors (Lipinski definition) is 6. The van der Waals surface area contributed by atoms with E-state index in [0.29, 0.717) is 26.4 Å². The van der Waals surface area contributed by atoms with Crippen LogP contribution < -0.4 is 0 Å². The van der Waals surface area contributed by atoms with Crippen LogP contribution in [-0.4, -0.2) is 51.3 Å². The van der Waals surface area contributed by atoms with E-state index in [1.54, 1.807) is 11.8 Å². The van der Waals surface area contributed by atoms with Crippen molar-refractivity contribution in [1.82, 2.24) is 0 Å². The van der Waals surface area contributed by atoms with Crippen LogP contribution in [0.1, 0.15) is 23.6 Å². The van der Waals surface area contributed by atoms with Crippen molar-refractivity contribution in [3.8, 4) is 0 Å². The molecule has 0 N–H and O–H groups in total. The Morgan fingerprint density at radius 1 is 0.684 bits per heavy atom. The standard InChI is InChI=1S/C31H39O5SSi/c1-4-37-31-30(36-38(2)3)29(34-22-26-18-12-7-13-19-26)28(33-21-25-16-10-6-11-17-25)27(35-31)23-32-20-24-14-8-5-9-15-24/h5-19,27-31H,4,20-23H2,1-3H3/t27-,28-,29+,30-,31+/m1/s1. The summed E-state index contributed by atoms with van der Waals surface area (Å²) in [7, 11) is -1.02. The van der Waals surface area contributed by atoms with Crippen LogP contribution in [0.4, 0.5) is 0 Å². The summed E-state index contributed by atoms with van der Waals surface area (Å²) < 4.78 is 32.7. The minimum absolute atomic E-state index is 0.164. The van der Waals surface area contributed by atoms with E-state index in [2.05, 4.69) is 56.4 Å². The molecule has 0 unspecified atom stereocenters. The van der Waals surface area contributed by atoms with Crippen molar-refractivity contribution in [2.24, 2.45) is 0 Å². The van der Waals surface area contributed by atoms with Crippen LogP contribution in [0, 0.1) is 0 Å². The summed E-state index contributed by atoms with van der Waals surface area (Å²) in [5.74, 6) is 0.915. The highest BCUT2D eigenvalue weighted by Crippen LogP contribution is 2.35. The van der Waals surface area contributed by atoms with Gasteiger partial charge in [-0.2, -0.15) is 0 Å². The zero-order chi connectivity index (χ0) is 26.6. The van der Waals surface area contributed by atoms with Crippen LogP contribution in [0.15, 0.2) is 91.0 Å². The molecule has 3 aromatic rings. The lowest BCUT2D eigenvalue weighted by Crippen LogP contribution is -2.61. The Bertz CT molecular complexity index is 1040. The zero-order valence-electron chi connectivity index (χ0n) is 22.5. The van der Waals surface area contributed by atoms with Crippen molar-refractivity contribution >= 4 is 20.8 Å². The fourth-order valence-corrected chi connectivity index (χ4v) is 6.35. The average Bonchev–Trinajstić information content (AvgIpc) is 2.94. The van der Waals surface area contributed by atoms with Crippen molar-refractivity contribution in [2.45, 2.75) is 69.7 Å². The van der Waals surface area contributed by atoms with E-state index in [1.165, 1.54) is 0 Å². The second-order valence-electron chi connectivity index (χ2n) is 9.51. The van der Waals surface area contributed by atoms with Crippen molar-refractivity contribution < 1.29 is 23.4 Å². The fraction of sp³-hybridized carbons (Fsp3) is 0.419. The summed E-state index contributed by atoms with van der Waals surface area (Å²) in [6.45, 7) is 8.32. The van der Waals surface area contributed by atoms with Crippen LogP contribution in [-0.2, 0) is 43.2 Å². The molecule has 3 aromatic carbocycles. The Morgan fingerprint density at radius 3 is 1.68 bits per heavy atom. The molecule has 5 atom stereocenters. The van der Waals surface area contributed by atoms with Gasteiger partial charge in [0.2, 0.25) is 9.04 Å². The van der Waals surface area contributed by atoms with Gasteiger partial charge < -0.3 is 23.4 Å². The molecule has 0 amide bonds. The minimum atomic E-state index is -1.02. The summed E-state index contributed by atoms with van der Waals surface area (Å²) in [5.41, 5.74) is 3.19. The van der Waals surface area contributed by atoms with E-state index in [-0.39, 0.29) is 29.9 Å². The predicted octanol–water partition coefficient (Wildman–Crippen LogP) is 6.49. The second-order valence-corrected chi connectivity index (χ2v) is 12.9. The van der Waals surface area contributed by atoms with Gasteiger partial charge in [-0.3, -0.25) is 0 Å². The molecule has 1 saturated heterocycles. The molecule has 7 heteroatoms. The summed E-state index contributed by atoms with van der Waals surface area (Å²) in [6.07, 6.45) is -1.19. The molecule has 1 aliphatic rings. The molecule has 1 radical (unpaired) electrons. The average molecular weight is 552 g/mol. The first kappa shape index (κ1) is 29.0. The highest BCUT2D eigenvalue weighted by molar-refractivity contribution is 7.99. The smallest absolute Gasteiger partial charge is 0.205 e. The van der Waals surface area contributed by atoms with Gasteiger partial charge in [-0.05, 0) is 35.5 Å². The summed E-state index contributed by atoms with van der Waals surface area (Å²) in [6, 6.07) is 30.7. The molecule has 0 aliphatic carbocycles. The lowest BCUT2D eigenvalue weighted by molar-refractivity contribution is -0.238. The van der Waals surface area contributed by atoms with Gasteiger partial charge in [-0.25, -0.2) is 0 Å². The number of rotatable bonds is 14. The number of hydrogen-bond donors (Lipinski definition) is 0. The van der Waals surface area contributed by atoms with Gasteiger partial charge in [0.1, 0.15) is 29.9 Å². The number of benzene rings is 3. The van der Waals surface area contributed by atoms with E-state index in [4.69, 9.17) is 23.4 Å². The zero-order valence-corrected chi connectivity index (χ0v) is 24.3. The van der Waals surface area contributed by atoms with E-state index in [0.717, 1.165) is 22.4 Å². The van der Waals surface area contributed by atoms with Crippen LogP contribution in [0.25, 0.3) is 0 Å². The van der Waals surface area contributed by atoms with Gasteiger partial charge in [-0.1, -0.05) is 97.9 Å². The quantitative estimate of drug-likeness (QED) is 0.214. The molecule has 0 saturated carbocycles. The number of ether oxygens (including phenoxy) is 4. The third-order valence-corrected chi connectivity index (χ3v) is 8.04. The van der Waals surface area contributed by atoms with Gasteiger partial charge in [0.25, 0.3) is 0 Å². The predicted molar refractivity (Wildman–Crippen MR) is 155 cm³/mol. The fourth-order valence-electron chi connectivity index (χ4n) is 4.50. The van der Waals surface area contributed by atoms with Gasteiger partial charge >= 0.3 is 0 Å². The number of thioether (sulfide) groups is 1. The van der Waals surface area contributed by atoms with Gasteiger partial charge in [0, 0.05) is 0 Å². The normalized spacial score (nSPS) is 23.5. The summed E-state index contributed by atoms with van der Waals surface area (Å²) in [5, 5.41) is 0. The first-order valence-corrected chi connectivity index (χ1v) is 16.8. The second kappa shape index (κ2) is 15.6. The topological polar surface area (TPSA) is 46.2 Å². The lowest BCUT2D eigenvalue weighted by Gasteiger charge is -2.46. The summed E-state index contributed by atoms with van der Waals surface area (Å²) >= 11 is 1.76. The van der Waals surface area contributed by atoms with Crippen molar-refractivity contribution in [1.29, 1.82) is 0 Å². The molecule has 1 heterocycles. The SMILES string of the molecule is CCS[C@@H]1O[C@H](COCc2ccccc2)[C@@H](OCc2ccccc2)[C@H](OCc2ccccc2)[C@H]1O[Si](C)C. The minimum Gasteiger partial charge on any atom is -0.408 e. The Balaban J connectivity index is 1.57. The van der Waals surface area contributed by atoms with Crippen molar-refractivity contribution in [3.63, 3.8) is 0 Å². The molecule has 5 nitrogen and oxygen atoms in total. The molecule has 38 heavy (non-hydrogen) atoms. The largest absolute Gasteiger partial charge is 0.408 e. The molecule has 1 fully saturated rings. The Kier molecular flexibility index (Phi) is 11.9. The Hall–Kier alpha value is -1.97. The molecule has 0 spiro atoms. The third-order valence-electron chi connectivity index (χ3n) is 6.26. The molecule has 203 valence electrons. The maximum atomic E-state index is 6.69. The molecule has 0 aromatic heterocycles. The van der Waals surface area contributed by atoms with Crippen molar-refractivity contribution in [3.05, 3.63) is 108 Å². The first-order chi connectivity index (χ1) is 18.6. The van der Waals surface area contributed by atoms with Crippen LogP contribution >= 0.6 is 11.8 Å². The van der Waals surface area contributed by atoms with E-state index < -0.39 is 9.04 Å². The van der Waals surface area contributed by atoms with Gasteiger partial charge in [-0.15, -0.1) is 11.8 Å². The van der Waals surface area contributed by atoms with Crippen LogP contribution in [0.5, 0.6) is 0 Å². The van der Waals surface area contributed by atoms with E-state index >= 15 is 0 Å². The highest BCUT2D eigenvalue weighted by Gasteiger charge is 2.48. The van der Waals surface area contributed by atoms with E-state index in [9.17, 15) is 0 Å². The maximum absolute atomic E-state index is 6.69. The van der Waals surface area contributed by atoms with Crippen molar-refractivity contribution in [2.75, 3.05) is 12.4 Å². The van der Waals surface area contributed by atoms with Gasteiger partial charge in [0.15, 0.2) is 0 Å². The van der Waals surface area contributed by atoms with E-state index in [1.807, 2.05) is 54.6 Å². The Labute approximate surface area is 233 Å². The van der Waals surface area contributed by atoms with Crippen LogP contribution in [0.3, 0.4) is 0 Å².